The molecule has 0 unspecified atom stereocenters. The van der Waals surface area contributed by atoms with E-state index in [0.717, 1.165) is 17.4 Å². The van der Waals surface area contributed by atoms with Gasteiger partial charge in [0, 0.05) is 17.4 Å². The fourth-order valence-electron chi connectivity index (χ4n) is 2.65. The Bertz CT molecular complexity index is 567. The van der Waals surface area contributed by atoms with Crippen molar-refractivity contribution in [3.8, 4) is 0 Å². The van der Waals surface area contributed by atoms with E-state index >= 15 is 0 Å². The van der Waals surface area contributed by atoms with E-state index in [0.29, 0.717) is 0 Å². The zero-order chi connectivity index (χ0) is 13.2. The lowest BCUT2D eigenvalue weighted by molar-refractivity contribution is 0.140. The highest BCUT2D eigenvalue weighted by atomic mass is 79.9. The molecule has 98 valence electrons. The smallest absolute Gasteiger partial charge is 0.0775 e. The van der Waals surface area contributed by atoms with Gasteiger partial charge in [-0.3, -0.25) is 0 Å². The minimum absolute atomic E-state index is 0.0415. The Labute approximate surface area is 121 Å². The summed E-state index contributed by atoms with van der Waals surface area (Å²) in [5, 5.41) is 13.6. The first-order valence-electron chi connectivity index (χ1n) is 6.48. The molecule has 0 bridgehead atoms. The van der Waals surface area contributed by atoms with Gasteiger partial charge in [0.25, 0.3) is 0 Å². The summed E-state index contributed by atoms with van der Waals surface area (Å²) >= 11 is 3.43. The van der Waals surface area contributed by atoms with Gasteiger partial charge in [0.1, 0.15) is 0 Å². The second-order valence-electron chi connectivity index (χ2n) is 4.96. The summed E-state index contributed by atoms with van der Waals surface area (Å²) in [6.45, 7) is 0.767. The van der Waals surface area contributed by atoms with Gasteiger partial charge in [0.05, 0.1) is 12.1 Å². The molecule has 3 rings (SSSR count). The molecule has 2 atom stereocenters. The Hall–Kier alpha value is -1.16. The zero-order valence-corrected chi connectivity index (χ0v) is 12.1. The quantitative estimate of drug-likeness (QED) is 0.911. The number of aliphatic hydroxyl groups excluding tert-OH is 1. The molecule has 1 aliphatic carbocycles. The molecule has 3 heteroatoms. The Morgan fingerprint density at radius 3 is 2.63 bits per heavy atom. The molecule has 0 saturated carbocycles. The van der Waals surface area contributed by atoms with Crippen LogP contribution < -0.4 is 5.32 Å². The lowest BCUT2D eigenvalue weighted by atomic mass is 10.1. The second kappa shape index (κ2) is 5.45. The number of hydrogen-bond acceptors (Lipinski definition) is 2. The van der Waals surface area contributed by atoms with E-state index < -0.39 is 0 Å². The summed E-state index contributed by atoms with van der Waals surface area (Å²) < 4.78 is 1.09. The van der Waals surface area contributed by atoms with Crippen LogP contribution in [0.3, 0.4) is 0 Å². The van der Waals surface area contributed by atoms with Crippen molar-refractivity contribution in [3.05, 3.63) is 69.7 Å². The van der Waals surface area contributed by atoms with Crippen molar-refractivity contribution in [1.29, 1.82) is 0 Å². The highest BCUT2D eigenvalue weighted by Gasteiger charge is 2.29. The number of rotatable bonds is 3. The standard InChI is InChI=1S/C16H16BrNO/c17-13-7-5-11(6-8-13)10-18-16-14-4-2-1-3-12(14)9-15(16)19/h1-8,15-16,18-19H,9-10H2/t15-,16+/m0/s1. The average Bonchev–Trinajstić information content (AvgIpc) is 2.74. The molecule has 0 radical (unpaired) electrons. The lowest BCUT2D eigenvalue weighted by Gasteiger charge is -2.18. The summed E-state index contributed by atoms with van der Waals surface area (Å²) in [6.07, 6.45) is 0.418. The second-order valence-corrected chi connectivity index (χ2v) is 5.87. The maximum Gasteiger partial charge on any atom is 0.0775 e. The van der Waals surface area contributed by atoms with Gasteiger partial charge in [-0.1, -0.05) is 52.3 Å². The molecule has 0 amide bonds. The molecule has 0 saturated heterocycles. The van der Waals surface area contributed by atoms with Gasteiger partial charge in [0.15, 0.2) is 0 Å². The van der Waals surface area contributed by atoms with E-state index in [1.165, 1.54) is 16.7 Å². The molecule has 1 aliphatic rings. The van der Waals surface area contributed by atoms with Gasteiger partial charge >= 0.3 is 0 Å². The molecule has 2 aromatic rings. The van der Waals surface area contributed by atoms with Crippen LogP contribution in [0, 0.1) is 0 Å². The van der Waals surface area contributed by atoms with Gasteiger partial charge in [0.2, 0.25) is 0 Å². The third-order valence-electron chi connectivity index (χ3n) is 3.64. The Morgan fingerprint density at radius 1 is 1.11 bits per heavy atom. The topological polar surface area (TPSA) is 32.3 Å². The number of benzene rings is 2. The molecule has 2 nitrogen and oxygen atoms in total. The van der Waals surface area contributed by atoms with Crippen LogP contribution in [0.5, 0.6) is 0 Å². The Morgan fingerprint density at radius 2 is 1.84 bits per heavy atom. The van der Waals surface area contributed by atoms with Crippen LogP contribution >= 0.6 is 15.9 Å². The van der Waals surface area contributed by atoms with Gasteiger partial charge in [-0.05, 0) is 28.8 Å². The normalized spacial score (nSPS) is 21.4. The Kier molecular flexibility index (Phi) is 3.69. The predicted octanol–water partition coefficient (Wildman–Crippen LogP) is 3.20. The fraction of sp³-hybridized carbons (Fsp3) is 0.250. The van der Waals surface area contributed by atoms with Crippen LogP contribution in [0.25, 0.3) is 0 Å². The number of halogens is 1. The van der Waals surface area contributed by atoms with Crippen LogP contribution in [0.4, 0.5) is 0 Å². The molecule has 2 N–H and O–H groups in total. The van der Waals surface area contributed by atoms with Crippen LogP contribution in [0.2, 0.25) is 0 Å². The van der Waals surface area contributed by atoms with E-state index in [1.807, 2.05) is 24.3 Å². The van der Waals surface area contributed by atoms with Crippen molar-refractivity contribution in [2.75, 3.05) is 0 Å². The third-order valence-corrected chi connectivity index (χ3v) is 4.17. The number of nitrogens with one attached hydrogen (secondary N) is 1. The lowest BCUT2D eigenvalue weighted by Crippen LogP contribution is -2.28. The van der Waals surface area contributed by atoms with Gasteiger partial charge in [-0.2, -0.15) is 0 Å². The van der Waals surface area contributed by atoms with E-state index in [4.69, 9.17) is 0 Å². The van der Waals surface area contributed by atoms with Crippen LogP contribution in [0.15, 0.2) is 53.0 Å². The number of fused-ring (bicyclic) bond motifs is 1. The largest absolute Gasteiger partial charge is 0.391 e. The molecule has 0 heterocycles. The summed E-state index contributed by atoms with van der Waals surface area (Å²) in [5.41, 5.74) is 3.70. The summed E-state index contributed by atoms with van der Waals surface area (Å²) in [7, 11) is 0. The van der Waals surface area contributed by atoms with Crippen molar-refractivity contribution in [3.63, 3.8) is 0 Å². The fourth-order valence-corrected chi connectivity index (χ4v) is 2.91. The van der Waals surface area contributed by atoms with Gasteiger partial charge in [-0.15, -0.1) is 0 Å². The molecular weight excluding hydrogens is 302 g/mol. The van der Waals surface area contributed by atoms with Crippen molar-refractivity contribution in [1.82, 2.24) is 5.32 Å². The van der Waals surface area contributed by atoms with E-state index in [2.05, 4.69) is 45.5 Å². The van der Waals surface area contributed by atoms with E-state index in [-0.39, 0.29) is 12.1 Å². The molecule has 0 spiro atoms. The Balaban J connectivity index is 1.72. The summed E-state index contributed by atoms with van der Waals surface area (Å²) in [6, 6.07) is 16.6. The van der Waals surface area contributed by atoms with Gasteiger partial charge in [-0.25, -0.2) is 0 Å². The number of aliphatic hydroxyl groups is 1. The van der Waals surface area contributed by atoms with Crippen molar-refractivity contribution >= 4 is 15.9 Å². The summed E-state index contributed by atoms with van der Waals surface area (Å²) in [5.74, 6) is 0. The van der Waals surface area contributed by atoms with Crippen LogP contribution in [-0.4, -0.2) is 11.2 Å². The van der Waals surface area contributed by atoms with E-state index in [9.17, 15) is 5.11 Å². The molecule has 19 heavy (non-hydrogen) atoms. The molecule has 2 aromatic carbocycles. The molecule has 0 fully saturated rings. The average molecular weight is 318 g/mol. The van der Waals surface area contributed by atoms with Crippen molar-refractivity contribution in [2.45, 2.75) is 25.1 Å². The van der Waals surface area contributed by atoms with Crippen molar-refractivity contribution < 1.29 is 5.11 Å². The highest BCUT2D eigenvalue weighted by Crippen LogP contribution is 2.31. The minimum Gasteiger partial charge on any atom is -0.391 e. The number of hydrogen-bond donors (Lipinski definition) is 2. The molecule has 0 aromatic heterocycles. The summed E-state index contributed by atoms with van der Waals surface area (Å²) in [4.78, 5) is 0. The maximum absolute atomic E-state index is 10.2. The monoisotopic (exact) mass is 317 g/mol. The predicted molar refractivity (Wildman–Crippen MR) is 79.9 cm³/mol. The first-order valence-corrected chi connectivity index (χ1v) is 7.27. The maximum atomic E-state index is 10.2. The zero-order valence-electron chi connectivity index (χ0n) is 10.5. The van der Waals surface area contributed by atoms with Gasteiger partial charge < -0.3 is 10.4 Å². The first kappa shape index (κ1) is 12.9. The minimum atomic E-state index is -0.326. The third kappa shape index (κ3) is 2.73. The molecule has 0 aliphatic heterocycles. The van der Waals surface area contributed by atoms with Crippen molar-refractivity contribution in [2.24, 2.45) is 0 Å². The van der Waals surface area contributed by atoms with Crippen LogP contribution in [0.1, 0.15) is 22.7 Å². The SMILES string of the molecule is O[C@H]1Cc2ccccc2[C@H]1NCc1ccc(Br)cc1. The van der Waals surface area contributed by atoms with Crippen LogP contribution in [-0.2, 0) is 13.0 Å². The highest BCUT2D eigenvalue weighted by molar-refractivity contribution is 9.10. The van der Waals surface area contributed by atoms with E-state index in [1.54, 1.807) is 0 Å². The molecular formula is C16H16BrNO. The first-order chi connectivity index (χ1) is 9.24.